The molecule has 1 aliphatic heterocycles. The highest BCUT2D eigenvalue weighted by Gasteiger charge is 2.45. The van der Waals surface area contributed by atoms with Gasteiger partial charge in [-0.1, -0.05) is 12.1 Å². The summed E-state index contributed by atoms with van der Waals surface area (Å²) in [5.41, 5.74) is 0.331. The summed E-state index contributed by atoms with van der Waals surface area (Å²) in [5, 5.41) is 11.7. The predicted octanol–water partition coefficient (Wildman–Crippen LogP) is 1.34. The summed E-state index contributed by atoms with van der Waals surface area (Å²) in [6.45, 7) is -0.272. The van der Waals surface area contributed by atoms with Gasteiger partial charge in [-0.25, -0.2) is 17.2 Å². The maximum Gasteiger partial charge on any atom is 0.305 e. The second-order valence-corrected chi connectivity index (χ2v) is 9.40. The Bertz CT molecular complexity index is 1160. The van der Waals surface area contributed by atoms with Gasteiger partial charge in [0.2, 0.25) is 10.0 Å². The Labute approximate surface area is 188 Å². The normalized spacial score (nSPS) is 17.5. The average Bonchev–Trinajstić information content (AvgIpc) is 3.19. The fourth-order valence-electron chi connectivity index (χ4n) is 3.56. The summed E-state index contributed by atoms with van der Waals surface area (Å²) in [6, 6.07) is 8.22. The molecule has 0 radical (unpaired) electrons. The molecule has 2 amide bonds. The molecule has 2 aromatic rings. The van der Waals surface area contributed by atoms with E-state index in [0.29, 0.717) is 0 Å². The molecule has 2 atom stereocenters. The number of nitrogens with one attached hydrogen (secondary N) is 1. The lowest BCUT2D eigenvalue weighted by molar-refractivity contribution is -0.138. The summed E-state index contributed by atoms with van der Waals surface area (Å²) < 4.78 is 51.9. The van der Waals surface area contributed by atoms with Gasteiger partial charge >= 0.3 is 5.97 Å². The third-order valence-corrected chi connectivity index (χ3v) is 6.34. The molecule has 0 bridgehead atoms. The topological polar surface area (TPSA) is 124 Å². The Balaban J connectivity index is 1.93. The lowest BCUT2D eigenvalue weighted by Crippen LogP contribution is -2.54. The number of hydrogen-bond donors (Lipinski definition) is 2. The smallest absolute Gasteiger partial charge is 0.305 e. The zero-order valence-corrected chi connectivity index (χ0v) is 18.3. The van der Waals surface area contributed by atoms with Crippen LogP contribution in [0.15, 0.2) is 48.5 Å². The number of carbonyl (C=O) groups is 3. The van der Waals surface area contributed by atoms with Crippen molar-refractivity contribution in [3.05, 3.63) is 71.3 Å². The van der Waals surface area contributed by atoms with Crippen LogP contribution in [0, 0.1) is 11.6 Å². The SMILES string of the molecule is CS(=O)(=O)N1CCN(C(=O)c2ccc(F)cc2)C1C(=O)NC(CC(=O)O)c1ccc(F)cc1. The Morgan fingerprint density at radius 2 is 1.58 bits per heavy atom. The van der Waals surface area contributed by atoms with E-state index in [2.05, 4.69) is 5.32 Å². The molecule has 1 heterocycles. The fourth-order valence-corrected chi connectivity index (χ4v) is 4.55. The summed E-state index contributed by atoms with van der Waals surface area (Å²) in [7, 11) is -3.93. The van der Waals surface area contributed by atoms with E-state index in [1.54, 1.807) is 0 Å². The summed E-state index contributed by atoms with van der Waals surface area (Å²) >= 11 is 0. The van der Waals surface area contributed by atoms with Crippen LogP contribution in [0.5, 0.6) is 0 Å². The first kappa shape index (κ1) is 24.3. The molecule has 0 saturated carbocycles. The number of carbonyl (C=O) groups excluding carboxylic acids is 2. The Kier molecular flexibility index (Phi) is 7.08. The van der Waals surface area contributed by atoms with Crippen LogP contribution in [0.2, 0.25) is 0 Å². The van der Waals surface area contributed by atoms with E-state index >= 15 is 0 Å². The molecule has 1 saturated heterocycles. The summed E-state index contributed by atoms with van der Waals surface area (Å²) in [6.07, 6.45) is -1.27. The van der Waals surface area contributed by atoms with E-state index in [1.165, 1.54) is 24.3 Å². The van der Waals surface area contributed by atoms with Crippen LogP contribution in [0.1, 0.15) is 28.4 Å². The molecule has 2 aromatic carbocycles. The van der Waals surface area contributed by atoms with Crippen molar-refractivity contribution >= 4 is 27.8 Å². The summed E-state index contributed by atoms with van der Waals surface area (Å²) in [5.74, 6) is -4.01. The van der Waals surface area contributed by atoms with Gasteiger partial charge in [-0.05, 0) is 42.0 Å². The largest absolute Gasteiger partial charge is 0.481 e. The quantitative estimate of drug-likeness (QED) is 0.615. The minimum atomic E-state index is -3.93. The van der Waals surface area contributed by atoms with Gasteiger partial charge in [0.25, 0.3) is 11.8 Å². The van der Waals surface area contributed by atoms with E-state index < -0.39 is 58.1 Å². The number of hydrogen-bond acceptors (Lipinski definition) is 5. The molecule has 3 rings (SSSR count). The van der Waals surface area contributed by atoms with E-state index in [1.807, 2.05) is 0 Å². The molecular formula is C21H21F2N3O6S. The Morgan fingerprint density at radius 3 is 2.09 bits per heavy atom. The highest BCUT2D eigenvalue weighted by atomic mass is 32.2. The van der Waals surface area contributed by atoms with E-state index in [0.717, 1.165) is 39.7 Å². The molecule has 9 nitrogen and oxygen atoms in total. The minimum absolute atomic E-state index is 0.0465. The van der Waals surface area contributed by atoms with Crippen molar-refractivity contribution < 1.29 is 36.7 Å². The number of benzene rings is 2. The van der Waals surface area contributed by atoms with Gasteiger partial charge in [0.15, 0.2) is 6.17 Å². The van der Waals surface area contributed by atoms with Crippen molar-refractivity contribution in [2.75, 3.05) is 19.3 Å². The highest BCUT2D eigenvalue weighted by molar-refractivity contribution is 7.88. The molecule has 2 unspecified atom stereocenters. The van der Waals surface area contributed by atoms with Gasteiger partial charge in [0, 0.05) is 18.7 Å². The van der Waals surface area contributed by atoms with Gasteiger partial charge < -0.3 is 15.3 Å². The summed E-state index contributed by atoms with van der Waals surface area (Å²) in [4.78, 5) is 38.5. The number of rotatable bonds is 7. The van der Waals surface area contributed by atoms with Crippen LogP contribution in [0.4, 0.5) is 8.78 Å². The maximum absolute atomic E-state index is 13.3. The van der Waals surface area contributed by atoms with E-state index in [4.69, 9.17) is 0 Å². The maximum atomic E-state index is 13.3. The first-order valence-electron chi connectivity index (χ1n) is 9.78. The fraction of sp³-hybridized carbons (Fsp3) is 0.286. The minimum Gasteiger partial charge on any atom is -0.481 e. The molecule has 2 N–H and O–H groups in total. The second-order valence-electron chi connectivity index (χ2n) is 7.46. The molecule has 1 aliphatic rings. The van der Waals surface area contributed by atoms with Crippen molar-refractivity contribution in [3.8, 4) is 0 Å². The Hall–Kier alpha value is -3.38. The molecular weight excluding hydrogens is 460 g/mol. The molecule has 0 aromatic heterocycles. The van der Waals surface area contributed by atoms with Crippen molar-refractivity contribution in [1.29, 1.82) is 0 Å². The number of amides is 2. The number of aliphatic carboxylic acids is 1. The first-order chi connectivity index (χ1) is 15.5. The average molecular weight is 481 g/mol. The van der Waals surface area contributed by atoms with Crippen LogP contribution in [-0.2, 0) is 19.6 Å². The molecule has 0 aliphatic carbocycles. The first-order valence-corrected chi connectivity index (χ1v) is 11.6. The van der Waals surface area contributed by atoms with Gasteiger partial charge in [-0.3, -0.25) is 14.4 Å². The van der Waals surface area contributed by atoms with Crippen LogP contribution in [0.25, 0.3) is 0 Å². The predicted molar refractivity (Wildman–Crippen MR) is 112 cm³/mol. The standard InChI is InChI=1S/C21H21F2N3O6S/c1-33(31,32)26-11-10-25(21(30)14-4-8-16(23)9-5-14)20(26)19(29)24-17(12-18(27)28)13-2-6-15(22)7-3-13/h2-9,17,20H,10-12H2,1H3,(H,24,29)(H,27,28). The van der Waals surface area contributed by atoms with Crippen LogP contribution >= 0.6 is 0 Å². The number of halogens is 2. The Morgan fingerprint density at radius 1 is 1.03 bits per heavy atom. The second kappa shape index (κ2) is 9.63. The van der Waals surface area contributed by atoms with Crippen molar-refractivity contribution in [2.24, 2.45) is 0 Å². The van der Waals surface area contributed by atoms with Crippen molar-refractivity contribution in [2.45, 2.75) is 18.6 Å². The molecule has 1 fully saturated rings. The molecule has 0 spiro atoms. The van der Waals surface area contributed by atoms with Gasteiger partial charge in [-0.15, -0.1) is 0 Å². The van der Waals surface area contributed by atoms with Crippen molar-refractivity contribution in [1.82, 2.24) is 14.5 Å². The molecule has 176 valence electrons. The van der Waals surface area contributed by atoms with Crippen LogP contribution < -0.4 is 5.32 Å². The highest BCUT2D eigenvalue weighted by Crippen LogP contribution is 2.24. The third-order valence-electron chi connectivity index (χ3n) is 5.11. The monoisotopic (exact) mass is 481 g/mol. The van der Waals surface area contributed by atoms with Gasteiger partial charge in [0.1, 0.15) is 11.6 Å². The van der Waals surface area contributed by atoms with Crippen molar-refractivity contribution in [3.63, 3.8) is 0 Å². The lowest BCUT2D eigenvalue weighted by Gasteiger charge is -2.29. The molecule has 33 heavy (non-hydrogen) atoms. The number of nitrogens with zero attached hydrogens (tertiary/aromatic N) is 2. The van der Waals surface area contributed by atoms with Gasteiger partial charge in [0.05, 0.1) is 18.7 Å². The zero-order chi connectivity index (χ0) is 24.3. The lowest BCUT2D eigenvalue weighted by atomic mass is 10.0. The molecule has 12 heteroatoms. The number of carboxylic acids is 1. The van der Waals surface area contributed by atoms with E-state index in [-0.39, 0.29) is 24.2 Å². The number of carboxylic acid groups (broad SMARTS) is 1. The number of sulfonamides is 1. The van der Waals surface area contributed by atoms with Gasteiger partial charge in [-0.2, -0.15) is 4.31 Å². The third kappa shape index (κ3) is 5.71. The zero-order valence-electron chi connectivity index (χ0n) is 17.4. The van der Waals surface area contributed by atoms with E-state index in [9.17, 15) is 36.7 Å². The van der Waals surface area contributed by atoms with Crippen LogP contribution in [-0.4, -0.2) is 66.0 Å². The van der Waals surface area contributed by atoms with Crippen LogP contribution in [0.3, 0.4) is 0 Å².